The number of nitrogens with zero attached hydrogens (tertiary/aromatic N) is 3. The van der Waals surface area contributed by atoms with Crippen LogP contribution in [0.1, 0.15) is 11.1 Å². The van der Waals surface area contributed by atoms with Crippen LogP contribution in [-0.4, -0.2) is 39.1 Å². The first-order chi connectivity index (χ1) is 8.75. The summed E-state index contributed by atoms with van der Waals surface area (Å²) in [6.07, 6.45) is -4.51. The molecular weight excluding hydrogens is 255 g/mol. The van der Waals surface area contributed by atoms with Crippen LogP contribution >= 0.6 is 0 Å². The zero-order chi connectivity index (χ0) is 14.6. The fraction of sp³-hybridized carbons (Fsp3) is 0.462. The molecule has 1 rings (SSSR count). The second-order valence-corrected chi connectivity index (χ2v) is 4.56. The van der Waals surface area contributed by atoms with E-state index in [1.165, 1.54) is 12.1 Å². The van der Waals surface area contributed by atoms with Crippen LogP contribution < -0.4 is 4.90 Å². The Kier molecular flexibility index (Phi) is 4.78. The molecule has 19 heavy (non-hydrogen) atoms. The summed E-state index contributed by atoms with van der Waals surface area (Å²) in [5.41, 5.74) is -0.783. The second kappa shape index (κ2) is 5.93. The Morgan fingerprint density at radius 3 is 2.26 bits per heavy atom. The summed E-state index contributed by atoms with van der Waals surface area (Å²) in [4.78, 5) is 3.68. The van der Waals surface area contributed by atoms with E-state index < -0.39 is 11.7 Å². The third kappa shape index (κ3) is 4.14. The number of rotatable bonds is 4. The maximum atomic E-state index is 12.8. The third-order valence-corrected chi connectivity index (χ3v) is 2.75. The first kappa shape index (κ1) is 15.3. The van der Waals surface area contributed by atoms with Gasteiger partial charge in [0.15, 0.2) is 0 Å². The molecule has 1 aromatic carbocycles. The van der Waals surface area contributed by atoms with Gasteiger partial charge in [-0.2, -0.15) is 18.4 Å². The summed E-state index contributed by atoms with van der Waals surface area (Å²) in [5, 5.41) is 8.72. The Morgan fingerprint density at radius 2 is 1.79 bits per heavy atom. The van der Waals surface area contributed by atoms with Gasteiger partial charge in [-0.15, -0.1) is 0 Å². The molecule has 0 radical (unpaired) electrons. The summed E-state index contributed by atoms with van der Waals surface area (Å²) in [6.45, 7) is 1.34. The van der Waals surface area contributed by atoms with Crippen molar-refractivity contribution in [2.24, 2.45) is 0 Å². The number of alkyl halides is 3. The van der Waals surface area contributed by atoms with Crippen molar-refractivity contribution < 1.29 is 13.2 Å². The molecule has 0 bridgehead atoms. The Bertz CT molecular complexity index is 475. The summed E-state index contributed by atoms with van der Waals surface area (Å²) in [5.74, 6) is 0. The van der Waals surface area contributed by atoms with Crippen molar-refractivity contribution in [3.8, 4) is 6.07 Å². The van der Waals surface area contributed by atoms with Crippen LogP contribution in [0.5, 0.6) is 0 Å². The van der Waals surface area contributed by atoms with Gasteiger partial charge >= 0.3 is 6.18 Å². The van der Waals surface area contributed by atoms with E-state index in [9.17, 15) is 13.2 Å². The molecule has 0 N–H and O–H groups in total. The van der Waals surface area contributed by atoms with Crippen LogP contribution in [0.25, 0.3) is 0 Å². The monoisotopic (exact) mass is 271 g/mol. The molecule has 0 atom stereocenters. The van der Waals surface area contributed by atoms with Gasteiger partial charge in [-0.25, -0.2) is 0 Å². The number of likely N-dealkylation sites (N-methyl/N-ethyl adjacent to an activating group) is 2. The van der Waals surface area contributed by atoms with E-state index in [4.69, 9.17) is 5.26 Å². The molecule has 0 saturated heterocycles. The van der Waals surface area contributed by atoms with Gasteiger partial charge in [0.1, 0.15) is 0 Å². The SMILES string of the molecule is CN(C)CCN(C)c1ccc(C#N)c(C(F)(F)F)c1. The van der Waals surface area contributed by atoms with E-state index >= 15 is 0 Å². The number of benzene rings is 1. The zero-order valence-corrected chi connectivity index (χ0v) is 11.1. The van der Waals surface area contributed by atoms with Gasteiger partial charge in [-0.05, 0) is 32.3 Å². The molecule has 0 fully saturated rings. The fourth-order valence-electron chi connectivity index (χ4n) is 1.58. The van der Waals surface area contributed by atoms with Crippen molar-refractivity contribution in [3.05, 3.63) is 29.3 Å². The standard InChI is InChI=1S/C13H16F3N3/c1-18(2)6-7-19(3)11-5-4-10(9-17)12(8-11)13(14,15)16/h4-5,8H,6-7H2,1-3H3. The van der Waals surface area contributed by atoms with Crippen molar-refractivity contribution >= 4 is 5.69 Å². The maximum absolute atomic E-state index is 12.8. The lowest BCUT2D eigenvalue weighted by Crippen LogP contribution is -2.28. The van der Waals surface area contributed by atoms with Crippen LogP contribution in [0.4, 0.5) is 18.9 Å². The van der Waals surface area contributed by atoms with Crippen molar-refractivity contribution in [3.63, 3.8) is 0 Å². The summed E-state index contributed by atoms with van der Waals surface area (Å²) >= 11 is 0. The van der Waals surface area contributed by atoms with Crippen LogP contribution in [0.15, 0.2) is 18.2 Å². The predicted octanol–water partition coefficient (Wildman–Crippen LogP) is 2.57. The van der Waals surface area contributed by atoms with Crippen LogP contribution in [-0.2, 0) is 6.18 Å². The summed E-state index contributed by atoms with van der Waals surface area (Å²) < 4.78 is 38.4. The Balaban J connectivity index is 3.02. The van der Waals surface area contributed by atoms with E-state index in [1.807, 2.05) is 19.0 Å². The highest BCUT2D eigenvalue weighted by Gasteiger charge is 2.34. The van der Waals surface area contributed by atoms with Gasteiger partial charge in [0, 0.05) is 25.8 Å². The molecule has 0 amide bonds. The largest absolute Gasteiger partial charge is 0.417 e. The summed E-state index contributed by atoms with van der Waals surface area (Å²) in [6, 6.07) is 5.34. The molecule has 0 aromatic heterocycles. The average Bonchev–Trinajstić information content (AvgIpc) is 2.34. The minimum absolute atomic E-state index is 0.350. The van der Waals surface area contributed by atoms with E-state index in [0.717, 1.165) is 12.6 Å². The number of hydrogen-bond donors (Lipinski definition) is 0. The lowest BCUT2D eigenvalue weighted by atomic mass is 10.1. The normalized spacial score (nSPS) is 11.5. The molecule has 3 nitrogen and oxygen atoms in total. The minimum Gasteiger partial charge on any atom is -0.373 e. The molecule has 0 aliphatic carbocycles. The first-order valence-electron chi connectivity index (χ1n) is 5.73. The molecule has 0 heterocycles. The molecule has 1 aromatic rings. The first-order valence-corrected chi connectivity index (χ1v) is 5.73. The predicted molar refractivity (Wildman–Crippen MR) is 68.0 cm³/mol. The van der Waals surface area contributed by atoms with E-state index in [2.05, 4.69) is 0 Å². The molecule has 0 saturated carbocycles. The lowest BCUT2D eigenvalue weighted by Gasteiger charge is -2.22. The number of nitriles is 1. The molecule has 0 aliphatic heterocycles. The van der Waals surface area contributed by atoms with E-state index in [0.29, 0.717) is 12.2 Å². The minimum atomic E-state index is -4.51. The molecule has 104 valence electrons. The molecule has 0 unspecified atom stereocenters. The lowest BCUT2D eigenvalue weighted by molar-refractivity contribution is -0.137. The number of hydrogen-bond acceptors (Lipinski definition) is 3. The number of anilines is 1. The third-order valence-electron chi connectivity index (χ3n) is 2.75. The molecule has 0 aliphatic rings. The van der Waals surface area contributed by atoms with Gasteiger partial charge in [0.2, 0.25) is 0 Å². The van der Waals surface area contributed by atoms with Gasteiger partial charge in [0.05, 0.1) is 17.2 Å². The Labute approximate surface area is 110 Å². The number of halogens is 3. The fourth-order valence-corrected chi connectivity index (χ4v) is 1.58. The van der Waals surface area contributed by atoms with Crippen LogP contribution in [0, 0.1) is 11.3 Å². The zero-order valence-electron chi connectivity index (χ0n) is 11.1. The van der Waals surface area contributed by atoms with Crippen molar-refractivity contribution in [2.45, 2.75) is 6.18 Å². The van der Waals surface area contributed by atoms with Crippen LogP contribution in [0.2, 0.25) is 0 Å². The average molecular weight is 271 g/mol. The van der Waals surface area contributed by atoms with Gasteiger partial charge < -0.3 is 9.80 Å². The second-order valence-electron chi connectivity index (χ2n) is 4.56. The smallest absolute Gasteiger partial charge is 0.373 e. The Hall–Kier alpha value is -1.74. The topological polar surface area (TPSA) is 30.3 Å². The molecular formula is C13H16F3N3. The van der Waals surface area contributed by atoms with E-state index in [-0.39, 0.29) is 5.56 Å². The highest BCUT2D eigenvalue weighted by Crippen LogP contribution is 2.34. The van der Waals surface area contributed by atoms with Crippen LogP contribution in [0.3, 0.4) is 0 Å². The van der Waals surface area contributed by atoms with Crippen molar-refractivity contribution in [1.82, 2.24) is 4.90 Å². The van der Waals surface area contributed by atoms with Gasteiger partial charge in [-0.1, -0.05) is 0 Å². The summed E-state index contributed by atoms with van der Waals surface area (Å²) in [7, 11) is 5.52. The molecule has 6 heteroatoms. The van der Waals surface area contributed by atoms with Crippen molar-refractivity contribution in [2.75, 3.05) is 39.1 Å². The van der Waals surface area contributed by atoms with Gasteiger partial charge in [-0.3, -0.25) is 0 Å². The quantitative estimate of drug-likeness (QED) is 0.843. The highest BCUT2D eigenvalue weighted by atomic mass is 19.4. The van der Waals surface area contributed by atoms with E-state index in [1.54, 1.807) is 18.0 Å². The highest BCUT2D eigenvalue weighted by molar-refractivity contribution is 5.54. The van der Waals surface area contributed by atoms with Crippen molar-refractivity contribution in [1.29, 1.82) is 5.26 Å². The Morgan fingerprint density at radius 1 is 1.16 bits per heavy atom. The maximum Gasteiger partial charge on any atom is 0.417 e. The molecule has 0 spiro atoms. The van der Waals surface area contributed by atoms with Gasteiger partial charge in [0.25, 0.3) is 0 Å².